The van der Waals surface area contributed by atoms with Gasteiger partial charge in [-0.15, -0.1) is 0 Å². The van der Waals surface area contributed by atoms with Crippen LogP contribution in [0.5, 0.6) is 0 Å². The van der Waals surface area contributed by atoms with Gasteiger partial charge in [-0.2, -0.15) is 13.2 Å². The largest absolute Gasteiger partial charge is 0.445 e. The van der Waals surface area contributed by atoms with E-state index in [-0.39, 0.29) is 36.8 Å². The fraction of sp³-hybridized carbons (Fsp3) is 0.348. The van der Waals surface area contributed by atoms with Crippen molar-refractivity contribution >= 4 is 6.09 Å². The van der Waals surface area contributed by atoms with E-state index in [0.717, 1.165) is 30.0 Å². The van der Waals surface area contributed by atoms with Crippen LogP contribution in [-0.2, 0) is 23.9 Å². The zero-order chi connectivity index (χ0) is 21.3. The van der Waals surface area contributed by atoms with Crippen LogP contribution in [0.3, 0.4) is 0 Å². The number of fused-ring (bicyclic) bond motifs is 2. The van der Waals surface area contributed by atoms with Crippen LogP contribution in [0.4, 0.5) is 22.4 Å². The van der Waals surface area contributed by atoms with Crippen molar-refractivity contribution in [2.24, 2.45) is 0 Å². The second kappa shape index (κ2) is 8.13. The number of carbonyl (C=O) groups excluding carboxylic acids is 1. The van der Waals surface area contributed by atoms with E-state index in [2.05, 4.69) is 0 Å². The van der Waals surface area contributed by atoms with Crippen LogP contribution >= 0.6 is 0 Å². The van der Waals surface area contributed by atoms with Gasteiger partial charge in [-0.1, -0.05) is 48.0 Å². The second-order valence-corrected chi connectivity index (χ2v) is 7.76. The topological polar surface area (TPSA) is 29.5 Å². The number of ether oxygens (including phenoxy) is 1. The molecule has 0 radical (unpaired) electrons. The van der Waals surface area contributed by atoms with Crippen molar-refractivity contribution < 1.29 is 27.1 Å². The van der Waals surface area contributed by atoms with E-state index in [1.165, 1.54) is 6.07 Å². The predicted octanol–water partition coefficient (Wildman–Crippen LogP) is 5.89. The summed E-state index contributed by atoms with van der Waals surface area (Å²) in [4.78, 5) is 14.3. The Labute approximate surface area is 171 Å². The minimum absolute atomic E-state index is 0.0317. The third kappa shape index (κ3) is 4.35. The monoisotopic (exact) mass is 419 g/mol. The Morgan fingerprint density at radius 3 is 2.53 bits per heavy atom. The molecule has 2 aromatic carbocycles. The highest BCUT2D eigenvalue weighted by molar-refractivity contribution is 5.70. The molecular formula is C23H21F4NO2. The lowest BCUT2D eigenvalue weighted by molar-refractivity contribution is -0.137. The molecule has 2 atom stereocenters. The van der Waals surface area contributed by atoms with E-state index in [9.17, 15) is 22.4 Å². The maximum Gasteiger partial charge on any atom is 0.416 e. The molecule has 158 valence electrons. The fourth-order valence-electron chi connectivity index (χ4n) is 4.24. The summed E-state index contributed by atoms with van der Waals surface area (Å²) >= 11 is 0. The third-order valence-electron chi connectivity index (χ3n) is 5.69. The minimum Gasteiger partial charge on any atom is -0.445 e. The van der Waals surface area contributed by atoms with Crippen molar-refractivity contribution in [2.45, 2.75) is 50.6 Å². The van der Waals surface area contributed by atoms with Gasteiger partial charge in [0.15, 0.2) is 0 Å². The van der Waals surface area contributed by atoms with Crippen molar-refractivity contribution in [3.8, 4) is 0 Å². The fourth-order valence-corrected chi connectivity index (χ4v) is 4.24. The maximum atomic E-state index is 14.2. The van der Waals surface area contributed by atoms with Gasteiger partial charge in [0, 0.05) is 6.04 Å². The molecule has 1 saturated heterocycles. The number of alkyl halides is 3. The number of halogens is 4. The van der Waals surface area contributed by atoms with Crippen molar-refractivity contribution in [3.63, 3.8) is 0 Å². The summed E-state index contributed by atoms with van der Waals surface area (Å²) in [7, 11) is 0. The Bertz CT molecular complexity index is 955. The lowest BCUT2D eigenvalue weighted by Crippen LogP contribution is -2.43. The van der Waals surface area contributed by atoms with Crippen LogP contribution in [0, 0.1) is 5.82 Å². The molecule has 0 N–H and O–H groups in total. The summed E-state index contributed by atoms with van der Waals surface area (Å²) in [5, 5.41) is 0. The Morgan fingerprint density at radius 2 is 1.87 bits per heavy atom. The van der Waals surface area contributed by atoms with Crippen LogP contribution < -0.4 is 0 Å². The number of hydrogen-bond acceptors (Lipinski definition) is 2. The molecule has 2 aliphatic rings. The maximum absolute atomic E-state index is 14.2. The van der Waals surface area contributed by atoms with Crippen LogP contribution in [0.1, 0.15) is 36.0 Å². The normalized spacial score (nSPS) is 20.8. The molecule has 2 heterocycles. The number of benzene rings is 2. The predicted molar refractivity (Wildman–Crippen MR) is 103 cm³/mol. The summed E-state index contributed by atoms with van der Waals surface area (Å²) < 4.78 is 57.9. The molecule has 2 unspecified atom stereocenters. The van der Waals surface area contributed by atoms with Crippen LogP contribution in [0.2, 0.25) is 0 Å². The molecule has 30 heavy (non-hydrogen) atoms. The Kier molecular flexibility index (Phi) is 5.54. The average Bonchev–Trinajstić information content (AvgIpc) is 2.98. The molecule has 4 rings (SSSR count). The van der Waals surface area contributed by atoms with Crippen LogP contribution in [0.25, 0.3) is 0 Å². The molecule has 2 aromatic rings. The standard InChI is InChI=1S/C23H21F4NO2/c24-21-13-18(23(25,26)27)7-6-17(21)10-16-11-19-8-9-20(12-16)28(19)22(29)30-14-15-4-2-1-3-5-15/h1-7,11,13,19-20H,8-10,12,14H2. The van der Waals surface area contributed by atoms with Crippen molar-refractivity contribution in [3.05, 3.63) is 82.7 Å². The average molecular weight is 419 g/mol. The first-order chi connectivity index (χ1) is 14.3. The summed E-state index contributed by atoms with van der Waals surface area (Å²) in [5.41, 5.74) is 1.08. The van der Waals surface area contributed by atoms with Gasteiger partial charge in [0.05, 0.1) is 11.6 Å². The summed E-state index contributed by atoms with van der Waals surface area (Å²) in [6.45, 7) is 0.197. The van der Waals surface area contributed by atoms with Gasteiger partial charge in [0.2, 0.25) is 0 Å². The van der Waals surface area contributed by atoms with Gasteiger partial charge in [-0.3, -0.25) is 4.90 Å². The summed E-state index contributed by atoms with van der Waals surface area (Å²) in [5.74, 6) is -0.859. The molecular weight excluding hydrogens is 398 g/mol. The molecule has 3 nitrogen and oxygen atoms in total. The number of rotatable bonds is 4. The van der Waals surface area contributed by atoms with Crippen molar-refractivity contribution in [2.75, 3.05) is 0 Å². The number of amides is 1. The Hall–Kier alpha value is -2.83. The lowest BCUT2D eigenvalue weighted by Gasteiger charge is -2.33. The zero-order valence-electron chi connectivity index (χ0n) is 16.2. The van der Waals surface area contributed by atoms with E-state index in [4.69, 9.17) is 4.74 Å². The minimum atomic E-state index is -4.57. The highest BCUT2D eigenvalue weighted by atomic mass is 19.4. The van der Waals surface area contributed by atoms with Gasteiger partial charge in [-0.25, -0.2) is 9.18 Å². The molecule has 1 fully saturated rings. The van der Waals surface area contributed by atoms with Gasteiger partial charge in [0.25, 0.3) is 0 Å². The molecule has 2 aliphatic heterocycles. The molecule has 7 heteroatoms. The van der Waals surface area contributed by atoms with E-state index >= 15 is 0 Å². The van der Waals surface area contributed by atoms with E-state index in [0.29, 0.717) is 12.5 Å². The Balaban J connectivity index is 1.42. The molecule has 0 saturated carbocycles. The number of nitrogens with zero attached hydrogens (tertiary/aromatic N) is 1. The highest BCUT2D eigenvalue weighted by Crippen LogP contribution is 2.37. The molecule has 2 bridgehead atoms. The van der Waals surface area contributed by atoms with Crippen molar-refractivity contribution in [1.82, 2.24) is 4.90 Å². The van der Waals surface area contributed by atoms with Gasteiger partial charge in [-0.05, 0) is 48.9 Å². The lowest BCUT2D eigenvalue weighted by atomic mass is 9.94. The van der Waals surface area contributed by atoms with Crippen molar-refractivity contribution in [1.29, 1.82) is 0 Å². The SMILES string of the molecule is O=C(OCc1ccccc1)N1C2C=C(Cc3ccc(C(F)(F)F)cc3F)CC1CC2. The zero-order valence-corrected chi connectivity index (χ0v) is 16.2. The van der Waals surface area contributed by atoms with Gasteiger partial charge in [0.1, 0.15) is 12.4 Å². The van der Waals surface area contributed by atoms with Crippen LogP contribution in [-0.4, -0.2) is 23.1 Å². The Morgan fingerprint density at radius 1 is 1.10 bits per heavy atom. The summed E-state index contributed by atoms with van der Waals surface area (Å²) in [6.07, 6.45) is -0.582. The first kappa shape index (κ1) is 20.4. The first-order valence-corrected chi connectivity index (χ1v) is 9.85. The van der Waals surface area contributed by atoms with Gasteiger partial charge >= 0.3 is 12.3 Å². The first-order valence-electron chi connectivity index (χ1n) is 9.85. The van der Waals surface area contributed by atoms with Gasteiger partial charge < -0.3 is 4.74 Å². The quantitative estimate of drug-likeness (QED) is 0.457. The summed E-state index contributed by atoms with van der Waals surface area (Å²) in [6, 6.07) is 11.9. The van der Waals surface area contributed by atoms with E-state index in [1.54, 1.807) is 4.90 Å². The second-order valence-electron chi connectivity index (χ2n) is 7.76. The van der Waals surface area contributed by atoms with Crippen LogP contribution in [0.15, 0.2) is 60.2 Å². The molecule has 1 amide bonds. The molecule has 0 spiro atoms. The third-order valence-corrected chi connectivity index (χ3v) is 5.69. The molecule has 0 aliphatic carbocycles. The molecule has 0 aromatic heterocycles. The number of hydrogen-bond donors (Lipinski definition) is 0. The number of carbonyl (C=O) groups is 1. The van der Waals surface area contributed by atoms with E-state index in [1.807, 2.05) is 36.4 Å². The van der Waals surface area contributed by atoms with E-state index < -0.39 is 17.6 Å². The highest BCUT2D eigenvalue weighted by Gasteiger charge is 2.40. The smallest absolute Gasteiger partial charge is 0.416 e.